The highest BCUT2D eigenvalue weighted by molar-refractivity contribution is 7.90. The molecular formula is C20H15F3O4S. The van der Waals surface area contributed by atoms with Crippen molar-refractivity contribution in [2.24, 2.45) is 0 Å². The lowest BCUT2D eigenvalue weighted by Crippen LogP contribution is -2.04. The number of halogens is 3. The van der Waals surface area contributed by atoms with Crippen LogP contribution in [0.5, 0.6) is 23.0 Å². The van der Waals surface area contributed by atoms with E-state index in [1.54, 1.807) is 18.2 Å². The monoisotopic (exact) mass is 408 g/mol. The first-order valence-corrected chi connectivity index (χ1v) is 9.93. The van der Waals surface area contributed by atoms with E-state index in [1.807, 2.05) is 0 Å². The zero-order valence-electron chi connectivity index (χ0n) is 14.6. The molecule has 0 saturated heterocycles. The molecule has 4 nitrogen and oxygen atoms in total. The molecule has 0 fully saturated rings. The molecule has 0 bridgehead atoms. The van der Waals surface area contributed by atoms with Gasteiger partial charge in [-0.25, -0.2) is 8.42 Å². The minimum absolute atomic E-state index is 0.0458. The quantitative estimate of drug-likeness (QED) is 0.544. The van der Waals surface area contributed by atoms with E-state index in [0.717, 1.165) is 18.4 Å². The first-order chi connectivity index (χ1) is 13.1. The standard InChI is InChI=1S/C20H15F3O4S/c1-28(24,25)19-10-8-15(9-11-19)26-17-6-3-7-18(13-17)27-16-5-2-4-14(12-16)20(21,22)23/h2-13H,1H3. The van der Waals surface area contributed by atoms with Gasteiger partial charge in [0, 0.05) is 12.3 Å². The van der Waals surface area contributed by atoms with Crippen LogP contribution in [0.1, 0.15) is 5.56 Å². The molecule has 0 amide bonds. The number of benzene rings is 3. The Morgan fingerprint density at radius 3 is 1.75 bits per heavy atom. The maximum atomic E-state index is 12.8. The van der Waals surface area contributed by atoms with Gasteiger partial charge in [0.25, 0.3) is 0 Å². The van der Waals surface area contributed by atoms with E-state index in [0.29, 0.717) is 17.2 Å². The summed E-state index contributed by atoms with van der Waals surface area (Å²) >= 11 is 0. The number of sulfone groups is 1. The van der Waals surface area contributed by atoms with Gasteiger partial charge in [0.2, 0.25) is 0 Å². The molecule has 0 aliphatic carbocycles. The van der Waals surface area contributed by atoms with Crippen LogP contribution in [0, 0.1) is 0 Å². The van der Waals surface area contributed by atoms with Gasteiger partial charge < -0.3 is 9.47 Å². The Hall–Kier alpha value is -3.00. The first-order valence-electron chi connectivity index (χ1n) is 8.04. The fraction of sp³-hybridized carbons (Fsp3) is 0.100. The molecule has 3 aromatic rings. The van der Waals surface area contributed by atoms with Gasteiger partial charge in [-0.1, -0.05) is 12.1 Å². The van der Waals surface area contributed by atoms with E-state index < -0.39 is 21.6 Å². The molecule has 0 radical (unpaired) electrons. The highest BCUT2D eigenvalue weighted by atomic mass is 32.2. The van der Waals surface area contributed by atoms with Crippen LogP contribution in [-0.4, -0.2) is 14.7 Å². The fourth-order valence-electron chi connectivity index (χ4n) is 2.36. The molecule has 0 aromatic heterocycles. The van der Waals surface area contributed by atoms with Crippen LogP contribution in [0.3, 0.4) is 0 Å². The average Bonchev–Trinajstić information content (AvgIpc) is 2.61. The number of hydrogen-bond donors (Lipinski definition) is 0. The number of ether oxygens (including phenoxy) is 2. The van der Waals surface area contributed by atoms with Gasteiger partial charge in [0.1, 0.15) is 23.0 Å². The summed E-state index contributed by atoms with van der Waals surface area (Å²) in [6, 6.07) is 16.8. The summed E-state index contributed by atoms with van der Waals surface area (Å²) in [4.78, 5) is 0.168. The number of rotatable bonds is 5. The predicted molar refractivity (Wildman–Crippen MR) is 97.6 cm³/mol. The highest BCUT2D eigenvalue weighted by Crippen LogP contribution is 2.33. The van der Waals surface area contributed by atoms with Gasteiger partial charge in [0.05, 0.1) is 10.5 Å². The van der Waals surface area contributed by atoms with E-state index in [2.05, 4.69) is 0 Å². The fourth-order valence-corrected chi connectivity index (χ4v) is 2.99. The molecule has 0 unspecified atom stereocenters. The molecule has 0 spiro atoms. The van der Waals surface area contributed by atoms with Crippen molar-refractivity contribution in [1.82, 2.24) is 0 Å². The second-order valence-corrected chi connectivity index (χ2v) is 7.96. The molecular weight excluding hydrogens is 393 g/mol. The van der Waals surface area contributed by atoms with Crippen molar-refractivity contribution in [3.8, 4) is 23.0 Å². The van der Waals surface area contributed by atoms with Gasteiger partial charge in [-0.2, -0.15) is 13.2 Å². The minimum atomic E-state index is -4.46. The highest BCUT2D eigenvalue weighted by Gasteiger charge is 2.30. The molecule has 0 saturated carbocycles. The van der Waals surface area contributed by atoms with Crippen molar-refractivity contribution in [2.75, 3.05) is 6.26 Å². The second-order valence-electron chi connectivity index (χ2n) is 5.95. The largest absolute Gasteiger partial charge is 0.457 e. The van der Waals surface area contributed by atoms with Gasteiger partial charge in [-0.05, 0) is 54.6 Å². The Morgan fingerprint density at radius 1 is 0.714 bits per heavy atom. The van der Waals surface area contributed by atoms with Gasteiger partial charge in [-0.15, -0.1) is 0 Å². The van der Waals surface area contributed by atoms with Crippen molar-refractivity contribution < 1.29 is 31.1 Å². The Kier molecular flexibility index (Phi) is 5.33. The number of hydrogen-bond acceptors (Lipinski definition) is 4. The first kappa shape index (κ1) is 19.8. The molecule has 28 heavy (non-hydrogen) atoms. The zero-order valence-corrected chi connectivity index (χ0v) is 15.4. The van der Waals surface area contributed by atoms with Crippen LogP contribution in [0.2, 0.25) is 0 Å². The summed E-state index contributed by atoms with van der Waals surface area (Å²) in [7, 11) is -3.30. The minimum Gasteiger partial charge on any atom is -0.457 e. The lowest BCUT2D eigenvalue weighted by Gasteiger charge is -2.11. The SMILES string of the molecule is CS(=O)(=O)c1ccc(Oc2cccc(Oc3cccc(C(F)(F)F)c3)c2)cc1. The molecule has 0 N–H and O–H groups in total. The van der Waals surface area contributed by atoms with Crippen LogP contribution in [0.4, 0.5) is 13.2 Å². The summed E-state index contributed by atoms with van der Waals surface area (Å²) in [5.74, 6) is 1.13. The molecule has 3 rings (SSSR count). The molecule has 0 aliphatic heterocycles. The normalized spacial score (nSPS) is 11.9. The molecule has 146 valence electrons. The summed E-state index contributed by atoms with van der Waals surface area (Å²) in [6.07, 6.45) is -3.35. The van der Waals surface area contributed by atoms with Crippen LogP contribution in [0.15, 0.2) is 77.7 Å². The molecule has 3 aromatic carbocycles. The van der Waals surface area contributed by atoms with E-state index in [4.69, 9.17) is 9.47 Å². The third-order valence-electron chi connectivity index (χ3n) is 3.69. The van der Waals surface area contributed by atoms with E-state index in [1.165, 1.54) is 42.5 Å². The summed E-state index contributed by atoms with van der Waals surface area (Å²) in [6.45, 7) is 0. The third-order valence-corrected chi connectivity index (χ3v) is 4.82. The Labute approximate surface area is 160 Å². The smallest absolute Gasteiger partial charge is 0.416 e. The lowest BCUT2D eigenvalue weighted by molar-refractivity contribution is -0.137. The van der Waals surface area contributed by atoms with Gasteiger partial charge in [-0.3, -0.25) is 0 Å². The van der Waals surface area contributed by atoms with E-state index in [-0.39, 0.29) is 10.6 Å². The van der Waals surface area contributed by atoms with Gasteiger partial charge in [0.15, 0.2) is 9.84 Å². The predicted octanol–water partition coefficient (Wildman–Crippen LogP) is 5.69. The molecule has 0 aliphatic rings. The van der Waals surface area contributed by atoms with E-state index in [9.17, 15) is 21.6 Å². The number of alkyl halides is 3. The Morgan fingerprint density at radius 2 is 1.21 bits per heavy atom. The average molecular weight is 408 g/mol. The summed E-state index contributed by atoms with van der Waals surface area (Å²) in [5.41, 5.74) is -0.802. The maximum absolute atomic E-state index is 12.8. The van der Waals surface area contributed by atoms with Crippen LogP contribution >= 0.6 is 0 Å². The topological polar surface area (TPSA) is 52.6 Å². The lowest BCUT2D eigenvalue weighted by atomic mass is 10.2. The van der Waals surface area contributed by atoms with Crippen molar-refractivity contribution in [3.05, 3.63) is 78.4 Å². The van der Waals surface area contributed by atoms with Crippen LogP contribution in [-0.2, 0) is 16.0 Å². The van der Waals surface area contributed by atoms with Crippen molar-refractivity contribution >= 4 is 9.84 Å². The van der Waals surface area contributed by atoms with E-state index >= 15 is 0 Å². The van der Waals surface area contributed by atoms with Crippen LogP contribution < -0.4 is 9.47 Å². The third kappa shape index (κ3) is 5.04. The molecule has 0 heterocycles. The molecule has 0 atom stereocenters. The Bertz CT molecular complexity index is 1080. The second kappa shape index (κ2) is 7.55. The van der Waals surface area contributed by atoms with Crippen molar-refractivity contribution in [2.45, 2.75) is 11.1 Å². The van der Waals surface area contributed by atoms with Crippen molar-refractivity contribution in [1.29, 1.82) is 0 Å². The Balaban J connectivity index is 1.76. The maximum Gasteiger partial charge on any atom is 0.416 e. The molecule has 8 heteroatoms. The van der Waals surface area contributed by atoms with Crippen molar-refractivity contribution in [3.63, 3.8) is 0 Å². The van der Waals surface area contributed by atoms with Crippen LogP contribution in [0.25, 0.3) is 0 Å². The summed E-state index contributed by atoms with van der Waals surface area (Å²) in [5, 5.41) is 0. The summed E-state index contributed by atoms with van der Waals surface area (Å²) < 4.78 is 72.5. The zero-order chi connectivity index (χ0) is 20.4. The van der Waals surface area contributed by atoms with Gasteiger partial charge >= 0.3 is 6.18 Å².